The Morgan fingerprint density at radius 3 is 2.33 bits per heavy atom. The van der Waals surface area contributed by atoms with Gasteiger partial charge >= 0.3 is 0 Å². The molecule has 0 radical (unpaired) electrons. The van der Waals surface area contributed by atoms with Gasteiger partial charge in [0.1, 0.15) is 0 Å². The molecule has 0 unspecified atom stereocenters. The molecule has 8 heteroatoms. The lowest BCUT2D eigenvalue weighted by Gasteiger charge is -2.14. The molecule has 0 atom stereocenters. The van der Waals surface area contributed by atoms with Crippen molar-refractivity contribution < 1.29 is 14.5 Å². The Hall–Kier alpha value is -3.39. The predicted molar refractivity (Wildman–Crippen MR) is 99.6 cm³/mol. The van der Waals surface area contributed by atoms with Crippen LogP contribution in [0.15, 0.2) is 48.0 Å². The number of benzene rings is 2. The number of rotatable bonds is 4. The number of imide groups is 1. The third kappa shape index (κ3) is 2.80. The summed E-state index contributed by atoms with van der Waals surface area (Å²) >= 11 is 1.40. The van der Waals surface area contributed by atoms with E-state index >= 15 is 0 Å². The lowest BCUT2D eigenvalue weighted by molar-refractivity contribution is -0.385. The van der Waals surface area contributed by atoms with Gasteiger partial charge < -0.3 is 0 Å². The molecule has 0 bridgehead atoms. The number of amides is 2. The van der Waals surface area contributed by atoms with E-state index in [0.29, 0.717) is 22.3 Å². The van der Waals surface area contributed by atoms with Crippen molar-refractivity contribution in [1.82, 2.24) is 9.88 Å². The molecular weight excluding hydrogens is 366 g/mol. The Kier molecular flexibility index (Phi) is 4.04. The summed E-state index contributed by atoms with van der Waals surface area (Å²) in [4.78, 5) is 42.2. The molecule has 1 aromatic heterocycles. The van der Waals surface area contributed by atoms with E-state index in [9.17, 15) is 19.7 Å². The summed E-state index contributed by atoms with van der Waals surface area (Å²) in [7, 11) is 0. The van der Waals surface area contributed by atoms with Crippen LogP contribution in [0.2, 0.25) is 0 Å². The minimum absolute atomic E-state index is 0.128. The van der Waals surface area contributed by atoms with Gasteiger partial charge in [-0.05, 0) is 25.1 Å². The molecule has 134 valence electrons. The molecule has 1 aliphatic heterocycles. The fourth-order valence-electron chi connectivity index (χ4n) is 3.14. The second kappa shape index (κ2) is 6.40. The van der Waals surface area contributed by atoms with Crippen LogP contribution in [-0.4, -0.2) is 26.6 Å². The second-order valence-corrected chi connectivity index (χ2v) is 6.96. The average molecular weight is 379 g/mol. The van der Waals surface area contributed by atoms with E-state index in [0.717, 1.165) is 15.5 Å². The van der Waals surface area contributed by atoms with E-state index in [1.807, 2.05) is 6.92 Å². The van der Waals surface area contributed by atoms with Gasteiger partial charge in [0.25, 0.3) is 17.5 Å². The highest BCUT2D eigenvalue weighted by Crippen LogP contribution is 2.33. The number of carbonyl (C=O) groups is 2. The monoisotopic (exact) mass is 379 g/mol. The number of fused-ring (bicyclic) bond motifs is 1. The molecule has 0 saturated heterocycles. The number of nitro benzene ring substituents is 1. The lowest BCUT2D eigenvalue weighted by atomic mass is 10.1. The topological polar surface area (TPSA) is 93.4 Å². The van der Waals surface area contributed by atoms with Crippen LogP contribution in [0.25, 0.3) is 10.4 Å². The maximum absolute atomic E-state index is 12.5. The quantitative estimate of drug-likeness (QED) is 0.390. The number of hydrogen-bond acceptors (Lipinski definition) is 6. The predicted octanol–water partition coefficient (Wildman–Crippen LogP) is 3.82. The average Bonchev–Trinajstić information content (AvgIpc) is 3.19. The van der Waals surface area contributed by atoms with E-state index in [1.54, 1.807) is 41.9 Å². The van der Waals surface area contributed by atoms with Gasteiger partial charge in [-0.2, -0.15) is 0 Å². The highest BCUT2D eigenvalue weighted by Gasteiger charge is 2.36. The Balaban J connectivity index is 1.71. The van der Waals surface area contributed by atoms with Gasteiger partial charge in [-0.1, -0.05) is 18.2 Å². The highest BCUT2D eigenvalue weighted by molar-refractivity contribution is 7.13. The first-order chi connectivity index (χ1) is 13.0. The Bertz CT molecular complexity index is 1070. The summed E-state index contributed by atoms with van der Waals surface area (Å²) in [6, 6.07) is 11.3. The number of nitrogens with zero attached hydrogens (tertiary/aromatic N) is 3. The summed E-state index contributed by atoms with van der Waals surface area (Å²) in [6.07, 6.45) is 0. The van der Waals surface area contributed by atoms with Crippen LogP contribution in [0.3, 0.4) is 0 Å². The van der Waals surface area contributed by atoms with Crippen LogP contribution < -0.4 is 0 Å². The normalized spacial score (nSPS) is 13.1. The molecule has 0 saturated carbocycles. The van der Waals surface area contributed by atoms with Crippen LogP contribution in [0, 0.1) is 17.0 Å². The van der Waals surface area contributed by atoms with Crippen LogP contribution in [-0.2, 0) is 6.54 Å². The number of nitro groups is 1. The van der Waals surface area contributed by atoms with Crippen LogP contribution >= 0.6 is 11.3 Å². The van der Waals surface area contributed by atoms with Gasteiger partial charge in [0.2, 0.25) is 0 Å². The summed E-state index contributed by atoms with van der Waals surface area (Å²) in [6.45, 7) is 1.69. The molecule has 4 rings (SSSR count). The minimum atomic E-state index is -0.493. The molecule has 0 fully saturated rings. The van der Waals surface area contributed by atoms with Crippen LogP contribution in [0.4, 0.5) is 5.69 Å². The van der Waals surface area contributed by atoms with Crippen molar-refractivity contribution in [2.45, 2.75) is 13.5 Å². The van der Waals surface area contributed by atoms with Gasteiger partial charge in [-0.15, -0.1) is 11.3 Å². The van der Waals surface area contributed by atoms with Crippen molar-refractivity contribution in [2.75, 3.05) is 0 Å². The maximum Gasteiger partial charge on any atom is 0.275 e. The van der Waals surface area contributed by atoms with Gasteiger partial charge in [0, 0.05) is 17.2 Å². The number of thiazole rings is 1. The summed E-state index contributed by atoms with van der Waals surface area (Å²) in [5.41, 5.74) is 3.99. The van der Waals surface area contributed by atoms with Crippen LogP contribution in [0.5, 0.6) is 0 Å². The fourth-order valence-corrected chi connectivity index (χ4v) is 3.94. The number of carbonyl (C=O) groups excluding carboxylic acids is 2. The molecule has 7 nitrogen and oxygen atoms in total. The molecular formula is C19H13N3O4S. The van der Waals surface area contributed by atoms with E-state index in [1.165, 1.54) is 17.4 Å². The Morgan fingerprint density at radius 2 is 1.78 bits per heavy atom. The smallest absolute Gasteiger partial charge is 0.270 e. The van der Waals surface area contributed by atoms with Gasteiger partial charge in [-0.3, -0.25) is 24.6 Å². The van der Waals surface area contributed by atoms with E-state index in [4.69, 9.17) is 0 Å². The van der Waals surface area contributed by atoms with Crippen LogP contribution in [0.1, 0.15) is 32.0 Å². The van der Waals surface area contributed by atoms with Crippen molar-refractivity contribution >= 4 is 28.8 Å². The highest BCUT2D eigenvalue weighted by atomic mass is 32.1. The molecule has 2 amide bonds. The zero-order chi connectivity index (χ0) is 19.1. The fraction of sp³-hybridized carbons (Fsp3) is 0.105. The summed E-state index contributed by atoms with van der Waals surface area (Å²) < 4.78 is 0. The first kappa shape index (κ1) is 17.0. The van der Waals surface area contributed by atoms with Crippen molar-refractivity contribution in [2.24, 2.45) is 0 Å². The molecule has 0 spiro atoms. The van der Waals surface area contributed by atoms with E-state index in [-0.39, 0.29) is 12.2 Å². The van der Waals surface area contributed by atoms with Gasteiger partial charge in [0.05, 0.1) is 38.7 Å². The summed E-state index contributed by atoms with van der Waals surface area (Å²) in [5.74, 6) is -0.875. The lowest BCUT2D eigenvalue weighted by Crippen LogP contribution is -2.29. The molecule has 2 heterocycles. The third-order valence-electron chi connectivity index (χ3n) is 4.50. The summed E-state index contributed by atoms with van der Waals surface area (Å²) in [5, 5.41) is 11.6. The Labute approximate surface area is 158 Å². The molecule has 2 aromatic carbocycles. The first-order valence-corrected chi connectivity index (χ1v) is 8.98. The largest absolute Gasteiger partial charge is 0.275 e. The zero-order valence-electron chi connectivity index (χ0n) is 14.2. The second-order valence-electron chi connectivity index (χ2n) is 6.11. The number of aromatic nitrogens is 1. The maximum atomic E-state index is 12.5. The number of hydrogen-bond donors (Lipinski definition) is 0. The zero-order valence-corrected chi connectivity index (χ0v) is 15.0. The minimum Gasteiger partial charge on any atom is -0.270 e. The van der Waals surface area contributed by atoms with Crippen molar-refractivity contribution in [3.8, 4) is 10.4 Å². The SMILES string of the molecule is Cc1ncsc1-c1ccc(CN2C(=O)c3ccccc3C2=O)c([N+](=O)[O-])c1. The molecule has 3 aromatic rings. The van der Waals surface area contributed by atoms with Gasteiger partial charge in [0.15, 0.2) is 0 Å². The number of aryl methyl sites for hydroxylation is 1. The third-order valence-corrected chi connectivity index (χ3v) is 5.47. The molecule has 1 aliphatic rings. The van der Waals surface area contributed by atoms with E-state index < -0.39 is 16.7 Å². The van der Waals surface area contributed by atoms with Crippen molar-refractivity contribution in [1.29, 1.82) is 0 Å². The van der Waals surface area contributed by atoms with E-state index in [2.05, 4.69) is 4.98 Å². The van der Waals surface area contributed by atoms with Crippen molar-refractivity contribution in [3.05, 3.63) is 80.5 Å². The molecule has 0 N–H and O–H groups in total. The molecule has 27 heavy (non-hydrogen) atoms. The van der Waals surface area contributed by atoms with Crippen molar-refractivity contribution in [3.63, 3.8) is 0 Å². The first-order valence-electron chi connectivity index (χ1n) is 8.10. The van der Waals surface area contributed by atoms with Gasteiger partial charge in [-0.25, -0.2) is 4.98 Å². The standard InChI is InChI=1S/C19H13N3O4S/c1-11-17(27-10-20-11)12-6-7-13(16(8-12)22(25)26)9-21-18(23)14-4-2-3-5-15(14)19(21)24/h2-8,10H,9H2,1H3. The molecule has 0 aliphatic carbocycles. The Morgan fingerprint density at radius 1 is 1.11 bits per heavy atom.